The first-order valence-corrected chi connectivity index (χ1v) is 9.60. The number of hydrogen-bond donors (Lipinski definition) is 2. The molecule has 3 heterocycles. The van der Waals surface area contributed by atoms with Gasteiger partial charge in [-0.25, -0.2) is 0 Å². The molecule has 1 aromatic heterocycles. The van der Waals surface area contributed by atoms with Gasteiger partial charge < -0.3 is 25.3 Å². The van der Waals surface area contributed by atoms with Crippen LogP contribution in [0.1, 0.15) is 38.1 Å². The standard InChI is InChI=1S/C19H23N3O4S/c1-9-10(2)27-19(13(9)17(20)23)21-18-14-11(5-6-22(18)3)7-12-15(16(14)24-4)26-8-25-12/h7,18,21H,5-6,8H2,1-4H3,(H2,20,23)/t18-/m1/s1. The van der Waals surface area contributed by atoms with Gasteiger partial charge in [0.25, 0.3) is 5.91 Å². The first kappa shape index (κ1) is 17.9. The number of carbonyl (C=O) groups is 1. The number of hydrogen-bond acceptors (Lipinski definition) is 7. The molecule has 0 radical (unpaired) electrons. The maximum absolute atomic E-state index is 12.0. The van der Waals surface area contributed by atoms with Crippen molar-refractivity contribution in [3.63, 3.8) is 0 Å². The van der Waals surface area contributed by atoms with Crippen molar-refractivity contribution in [2.45, 2.75) is 26.4 Å². The molecule has 2 aliphatic heterocycles. The predicted molar refractivity (Wildman–Crippen MR) is 104 cm³/mol. The van der Waals surface area contributed by atoms with Gasteiger partial charge in [0, 0.05) is 17.0 Å². The Labute approximate surface area is 162 Å². The van der Waals surface area contributed by atoms with Crippen molar-refractivity contribution in [2.24, 2.45) is 5.73 Å². The second-order valence-corrected chi connectivity index (χ2v) is 8.07. The van der Waals surface area contributed by atoms with E-state index in [9.17, 15) is 4.79 Å². The van der Waals surface area contributed by atoms with Crippen LogP contribution in [0.15, 0.2) is 6.07 Å². The van der Waals surface area contributed by atoms with E-state index in [4.69, 9.17) is 19.9 Å². The molecule has 7 nitrogen and oxygen atoms in total. The summed E-state index contributed by atoms with van der Waals surface area (Å²) in [7, 11) is 3.68. The number of nitrogens with one attached hydrogen (secondary N) is 1. The number of nitrogens with two attached hydrogens (primary N) is 1. The van der Waals surface area contributed by atoms with Gasteiger partial charge in [0.05, 0.1) is 12.7 Å². The third kappa shape index (κ3) is 2.80. The van der Waals surface area contributed by atoms with Gasteiger partial charge in [0.15, 0.2) is 11.5 Å². The molecule has 27 heavy (non-hydrogen) atoms. The van der Waals surface area contributed by atoms with Crippen LogP contribution in [-0.4, -0.2) is 38.3 Å². The van der Waals surface area contributed by atoms with E-state index in [1.54, 1.807) is 18.4 Å². The third-order valence-corrected chi connectivity index (χ3v) is 6.43. The quantitative estimate of drug-likeness (QED) is 0.836. The van der Waals surface area contributed by atoms with Crippen molar-refractivity contribution in [2.75, 3.05) is 32.8 Å². The number of rotatable bonds is 4. The van der Waals surface area contributed by atoms with E-state index in [1.807, 2.05) is 27.0 Å². The number of aryl methyl sites for hydroxylation is 1. The van der Waals surface area contributed by atoms with Crippen molar-refractivity contribution in [1.82, 2.24) is 4.90 Å². The molecular weight excluding hydrogens is 366 g/mol. The number of likely N-dealkylation sites (N-methyl/N-ethyl adjacent to an activating group) is 1. The fourth-order valence-electron chi connectivity index (χ4n) is 3.76. The molecular formula is C19H23N3O4S. The summed E-state index contributed by atoms with van der Waals surface area (Å²) in [5, 5.41) is 4.31. The Morgan fingerprint density at radius 1 is 1.41 bits per heavy atom. The van der Waals surface area contributed by atoms with Crippen LogP contribution in [0.25, 0.3) is 0 Å². The normalized spacial score (nSPS) is 18.3. The Balaban J connectivity index is 1.82. The monoisotopic (exact) mass is 389 g/mol. The number of benzene rings is 1. The summed E-state index contributed by atoms with van der Waals surface area (Å²) >= 11 is 1.54. The molecule has 4 rings (SSSR count). The molecule has 1 atom stereocenters. The number of ether oxygens (including phenoxy) is 3. The number of nitrogens with zero attached hydrogens (tertiary/aromatic N) is 1. The number of primary amides is 1. The van der Waals surface area contributed by atoms with Crippen molar-refractivity contribution in [3.05, 3.63) is 33.2 Å². The lowest BCUT2D eigenvalue weighted by molar-refractivity contribution is 0.100. The first-order valence-electron chi connectivity index (χ1n) is 8.78. The van der Waals surface area contributed by atoms with Crippen molar-refractivity contribution < 1.29 is 19.0 Å². The van der Waals surface area contributed by atoms with E-state index in [-0.39, 0.29) is 13.0 Å². The van der Waals surface area contributed by atoms with Gasteiger partial charge in [-0.1, -0.05) is 0 Å². The summed E-state index contributed by atoms with van der Waals surface area (Å²) in [6.45, 7) is 4.98. The Kier molecular flexibility index (Phi) is 4.39. The number of carbonyl (C=O) groups excluding carboxylic acids is 1. The highest BCUT2D eigenvalue weighted by atomic mass is 32.1. The Morgan fingerprint density at radius 3 is 2.89 bits per heavy atom. The lowest BCUT2D eigenvalue weighted by atomic mass is 9.95. The van der Waals surface area contributed by atoms with Gasteiger partial charge in [-0.2, -0.15) is 0 Å². The minimum atomic E-state index is -0.421. The highest BCUT2D eigenvalue weighted by Gasteiger charge is 2.35. The Bertz CT molecular complexity index is 924. The van der Waals surface area contributed by atoms with E-state index in [2.05, 4.69) is 10.2 Å². The van der Waals surface area contributed by atoms with Crippen LogP contribution in [-0.2, 0) is 6.42 Å². The van der Waals surface area contributed by atoms with Gasteiger partial charge in [0.2, 0.25) is 12.5 Å². The average molecular weight is 389 g/mol. The van der Waals surface area contributed by atoms with E-state index < -0.39 is 5.91 Å². The summed E-state index contributed by atoms with van der Waals surface area (Å²) in [6, 6.07) is 2.03. The minimum absolute atomic E-state index is 0.172. The highest BCUT2D eigenvalue weighted by Crippen LogP contribution is 2.50. The molecule has 0 spiro atoms. The van der Waals surface area contributed by atoms with Gasteiger partial charge >= 0.3 is 0 Å². The molecule has 144 valence electrons. The summed E-state index contributed by atoms with van der Waals surface area (Å²) in [6.07, 6.45) is 0.705. The SMILES string of the molecule is COc1c2c(cc3c1[C@H](Nc1sc(C)c(C)c1C(N)=O)N(C)CC3)OCO2. The second kappa shape index (κ2) is 6.61. The number of amides is 1. The third-order valence-electron chi connectivity index (χ3n) is 5.30. The Hall–Kier alpha value is -2.45. The van der Waals surface area contributed by atoms with Gasteiger partial charge in [-0.05, 0) is 44.5 Å². The van der Waals surface area contributed by atoms with E-state index in [0.717, 1.165) is 45.3 Å². The average Bonchev–Trinajstić information content (AvgIpc) is 3.20. The molecule has 3 N–H and O–H groups in total. The number of thiophene rings is 1. The predicted octanol–water partition coefficient (Wildman–Crippen LogP) is 2.80. The molecule has 1 aromatic carbocycles. The van der Waals surface area contributed by atoms with Crippen LogP contribution in [0.2, 0.25) is 0 Å². The molecule has 2 aromatic rings. The summed E-state index contributed by atoms with van der Waals surface area (Å²) < 4.78 is 16.9. The molecule has 0 saturated carbocycles. The van der Waals surface area contributed by atoms with Crippen molar-refractivity contribution in [1.29, 1.82) is 0 Å². The first-order chi connectivity index (χ1) is 12.9. The fraction of sp³-hybridized carbons (Fsp3) is 0.421. The van der Waals surface area contributed by atoms with Crippen LogP contribution in [0, 0.1) is 13.8 Å². The van der Waals surface area contributed by atoms with Crippen LogP contribution in [0.5, 0.6) is 17.2 Å². The zero-order valence-electron chi connectivity index (χ0n) is 15.8. The highest BCUT2D eigenvalue weighted by molar-refractivity contribution is 7.16. The summed E-state index contributed by atoms with van der Waals surface area (Å²) in [4.78, 5) is 15.3. The fourth-order valence-corrected chi connectivity index (χ4v) is 4.85. The number of fused-ring (bicyclic) bond motifs is 2. The maximum Gasteiger partial charge on any atom is 0.251 e. The van der Waals surface area contributed by atoms with E-state index in [0.29, 0.717) is 17.1 Å². The van der Waals surface area contributed by atoms with Crippen molar-refractivity contribution in [3.8, 4) is 17.2 Å². The Morgan fingerprint density at radius 2 is 2.19 bits per heavy atom. The molecule has 1 amide bonds. The van der Waals surface area contributed by atoms with Gasteiger partial charge in [0.1, 0.15) is 11.2 Å². The topological polar surface area (TPSA) is 86.0 Å². The van der Waals surface area contributed by atoms with Crippen LogP contribution in [0.4, 0.5) is 5.00 Å². The number of anilines is 1. The van der Waals surface area contributed by atoms with Crippen molar-refractivity contribution >= 4 is 22.2 Å². The molecule has 2 aliphatic rings. The zero-order chi connectivity index (χ0) is 19.3. The van der Waals surface area contributed by atoms with E-state index >= 15 is 0 Å². The molecule has 0 unspecified atom stereocenters. The molecule has 0 aliphatic carbocycles. The summed E-state index contributed by atoms with van der Waals surface area (Å²) in [5.41, 5.74) is 9.28. The summed E-state index contributed by atoms with van der Waals surface area (Å²) in [5.74, 6) is 1.60. The zero-order valence-corrected chi connectivity index (χ0v) is 16.7. The minimum Gasteiger partial charge on any atom is -0.492 e. The molecule has 0 saturated heterocycles. The van der Waals surface area contributed by atoms with Crippen LogP contribution in [0.3, 0.4) is 0 Å². The van der Waals surface area contributed by atoms with Gasteiger partial charge in [-0.3, -0.25) is 9.69 Å². The molecule has 0 fully saturated rings. The second-order valence-electron chi connectivity index (χ2n) is 6.85. The molecule has 8 heteroatoms. The maximum atomic E-state index is 12.0. The lowest BCUT2D eigenvalue weighted by Gasteiger charge is -2.36. The molecule has 0 bridgehead atoms. The van der Waals surface area contributed by atoms with Crippen LogP contribution >= 0.6 is 11.3 Å². The smallest absolute Gasteiger partial charge is 0.251 e. The van der Waals surface area contributed by atoms with E-state index in [1.165, 1.54) is 0 Å². The number of methoxy groups -OCH3 is 1. The van der Waals surface area contributed by atoms with Gasteiger partial charge in [-0.15, -0.1) is 11.3 Å². The largest absolute Gasteiger partial charge is 0.492 e. The van der Waals surface area contributed by atoms with Crippen LogP contribution < -0.4 is 25.3 Å². The lowest BCUT2D eigenvalue weighted by Crippen LogP contribution is -2.37.